The number of rotatable bonds is 12. The molecule has 6 nitrogen and oxygen atoms in total. The van der Waals surface area contributed by atoms with Crippen molar-refractivity contribution in [2.75, 3.05) is 13.2 Å². The maximum Gasteiger partial charge on any atom is 0.345 e. The Morgan fingerprint density at radius 3 is 1.74 bits per heavy atom. The number of ether oxygens (including phenoxy) is 2. The lowest BCUT2D eigenvalue weighted by Gasteiger charge is -2.09. The van der Waals surface area contributed by atoms with Gasteiger partial charge in [0, 0.05) is 0 Å². The van der Waals surface area contributed by atoms with E-state index in [1.807, 2.05) is 13.8 Å². The SMILES string of the molecule is CCCCCOC(=O)C(=Cc1ccc(C(=O)O)cc1)C(=O)OCCCCC. The summed E-state index contributed by atoms with van der Waals surface area (Å²) in [4.78, 5) is 35.6. The molecular formula is C21H28O6. The molecule has 0 spiro atoms. The molecule has 0 heterocycles. The van der Waals surface area contributed by atoms with E-state index in [4.69, 9.17) is 14.6 Å². The van der Waals surface area contributed by atoms with Gasteiger partial charge in [0.05, 0.1) is 18.8 Å². The molecule has 0 aromatic heterocycles. The Balaban J connectivity index is 2.89. The highest BCUT2D eigenvalue weighted by Gasteiger charge is 2.21. The second kappa shape index (κ2) is 12.7. The second-order valence-corrected chi connectivity index (χ2v) is 6.17. The number of hydrogen-bond donors (Lipinski definition) is 1. The summed E-state index contributed by atoms with van der Waals surface area (Å²) in [5.41, 5.74) is 0.454. The van der Waals surface area contributed by atoms with E-state index in [9.17, 15) is 14.4 Å². The Kier molecular flexibility index (Phi) is 10.5. The predicted molar refractivity (Wildman–Crippen MR) is 102 cm³/mol. The summed E-state index contributed by atoms with van der Waals surface area (Å²) in [5, 5.41) is 8.95. The first-order valence-corrected chi connectivity index (χ1v) is 9.38. The van der Waals surface area contributed by atoms with Gasteiger partial charge in [-0.1, -0.05) is 51.7 Å². The van der Waals surface area contributed by atoms with Crippen LogP contribution in [0.5, 0.6) is 0 Å². The van der Waals surface area contributed by atoms with Gasteiger partial charge in [-0.15, -0.1) is 0 Å². The molecule has 0 bridgehead atoms. The summed E-state index contributed by atoms with van der Waals surface area (Å²) in [6.07, 6.45) is 6.69. The Bertz CT molecular complexity index is 619. The van der Waals surface area contributed by atoms with E-state index in [2.05, 4.69) is 0 Å². The van der Waals surface area contributed by atoms with Crippen LogP contribution < -0.4 is 0 Å². The van der Waals surface area contributed by atoms with Gasteiger partial charge in [-0.2, -0.15) is 0 Å². The van der Waals surface area contributed by atoms with Gasteiger partial charge >= 0.3 is 17.9 Å². The lowest BCUT2D eigenvalue weighted by molar-refractivity contribution is -0.147. The molecule has 148 valence electrons. The fourth-order valence-electron chi connectivity index (χ4n) is 2.28. The number of aromatic carboxylic acids is 1. The summed E-state index contributed by atoms with van der Waals surface area (Å²) in [7, 11) is 0. The molecule has 0 radical (unpaired) electrons. The summed E-state index contributed by atoms with van der Waals surface area (Å²) in [6.45, 7) is 4.57. The minimum absolute atomic E-state index is 0.123. The van der Waals surface area contributed by atoms with Crippen LogP contribution in [0, 0.1) is 0 Å². The maximum atomic E-state index is 12.3. The lowest BCUT2D eigenvalue weighted by atomic mass is 10.1. The summed E-state index contributed by atoms with van der Waals surface area (Å²) < 4.78 is 10.4. The normalized spacial score (nSPS) is 10.1. The molecule has 27 heavy (non-hydrogen) atoms. The molecule has 1 N–H and O–H groups in total. The second-order valence-electron chi connectivity index (χ2n) is 6.17. The van der Waals surface area contributed by atoms with E-state index in [0.29, 0.717) is 5.56 Å². The average Bonchev–Trinajstić information content (AvgIpc) is 2.66. The van der Waals surface area contributed by atoms with Crippen molar-refractivity contribution < 1.29 is 29.0 Å². The molecule has 0 saturated carbocycles. The zero-order valence-electron chi connectivity index (χ0n) is 16.0. The number of esters is 2. The highest BCUT2D eigenvalue weighted by molar-refractivity contribution is 6.17. The van der Waals surface area contributed by atoms with Gasteiger partial charge in [-0.05, 0) is 36.6 Å². The molecule has 0 aliphatic heterocycles. The largest absolute Gasteiger partial charge is 0.478 e. The van der Waals surface area contributed by atoms with Gasteiger partial charge in [0.15, 0.2) is 0 Å². The van der Waals surface area contributed by atoms with E-state index in [-0.39, 0.29) is 24.4 Å². The highest BCUT2D eigenvalue weighted by Crippen LogP contribution is 2.13. The number of carbonyl (C=O) groups is 3. The quantitative estimate of drug-likeness (QED) is 0.193. The van der Waals surface area contributed by atoms with Crippen molar-refractivity contribution in [3.05, 3.63) is 41.0 Å². The number of hydrogen-bond acceptors (Lipinski definition) is 5. The molecule has 0 saturated heterocycles. The summed E-state index contributed by atoms with van der Waals surface area (Å²) in [5.74, 6) is -2.50. The van der Waals surface area contributed by atoms with Crippen LogP contribution in [0.15, 0.2) is 29.8 Å². The van der Waals surface area contributed by atoms with Gasteiger partial charge < -0.3 is 14.6 Å². The smallest absolute Gasteiger partial charge is 0.345 e. The van der Waals surface area contributed by atoms with Crippen molar-refractivity contribution >= 4 is 24.0 Å². The lowest BCUT2D eigenvalue weighted by Crippen LogP contribution is -2.19. The van der Waals surface area contributed by atoms with Crippen LogP contribution in [0.2, 0.25) is 0 Å². The third kappa shape index (κ3) is 8.53. The van der Waals surface area contributed by atoms with Crippen LogP contribution >= 0.6 is 0 Å². The molecule has 1 rings (SSSR count). The van der Waals surface area contributed by atoms with Crippen LogP contribution in [0.4, 0.5) is 0 Å². The Labute approximate surface area is 160 Å². The molecule has 0 aliphatic carbocycles. The van der Waals surface area contributed by atoms with E-state index in [0.717, 1.165) is 38.5 Å². The molecule has 0 unspecified atom stereocenters. The van der Waals surface area contributed by atoms with Gasteiger partial charge in [0.1, 0.15) is 5.57 Å². The predicted octanol–water partition coefficient (Wildman–Crippen LogP) is 4.24. The van der Waals surface area contributed by atoms with Crippen molar-refractivity contribution in [2.45, 2.75) is 52.4 Å². The van der Waals surface area contributed by atoms with Crippen molar-refractivity contribution in [2.24, 2.45) is 0 Å². The Morgan fingerprint density at radius 1 is 0.852 bits per heavy atom. The molecule has 1 aromatic rings. The third-order valence-electron chi connectivity index (χ3n) is 3.87. The molecule has 1 aromatic carbocycles. The zero-order valence-corrected chi connectivity index (χ0v) is 16.0. The number of carbonyl (C=O) groups excluding carboxylic acids is 2. The minimum Gasteiger partial charge on any atom is -0.478 e. The first-order chi connectivity index (χ1) is 13.0. The number of carboxylic acids is 1. The fraction of sp³-hybridized carbons (Fsp3) is 0.476. The average molecular weight is 376 g/mol. The first kappa shape index (κ1) is 22.4. The standard InChI is InChI=1S/C21H28O6/c1-3-5-7-13-26-20(24)18(21(25)27-14-8-6-4-2)15-16-9-11-17(12-10-16)19(22)23/h9-12,15H,3-8,13-14H2,1-2H3,(H,22,23). The number of benzene rings is 1. The van der Waals surface area contributed by atoms with Gasteiger partial charge in [0.2, 0.25) is 0 Å². The van der Waals surface area contributed by atoms with Crippen LogP contribution in [0.1, 0.15) is 68.3 Å². The van der Waals surface area contributed by atoms with E-state index >= 15 is 0 Å². The summed E-state index contributed by atoms with van der Waals surface area (Å²) >= 11 is 0. The Morgan fingerprint density at radius 2 is 1.33 bits per heavy atom. The first-order valence-electron chi connectivity index (χ1n) is 9.38. The monoisotopic (exact) mass is 376 g/mol. The molecule has 0 atom stereocenters. The van der Waals surface area contributed by atoms with E-state index < -0.39 is 17.9 Å². The molecule has 0 aliphatic rings. The minimum atomic E-state index is -1.04. The van der Waals surface area contributed by atoms with Crippen LogP contribution in [-0.4, -0.2) is 36.2 Å². The van der Waals surface area contributed by atoms with Crippen LogP contribution in [-0.2, 0) is 19.1 Å². The topological polar surface area (TPSA) is 89.9 Å². The maximum absolute atomic E-state index is 12.3. The fourth-order valence-corrected chi connectivity index (χ4v) is 2.28. The van der Waals surface area contributed by atoms with E-state index in [1.165, 1.54) is 30.3 Å². The molecule has 6 heteroatoms. The molecular weight excluding hydrogens is 348 g/mol. The van der Waals surface area contributed by atoms with Crippen molar-refractivity contribution in [3.63, 3.8) is 0 Å². The van der Waals surface area contributed by atoms with Crippen molar-refractivity contribution in [1.82, 2.24) is 0 Å². The van der Waals surface area contributed by atoms with Gasteiger partial charge in [0.25, 0.3) is 0 Å². The Hall–Kier alpha value is -2.63. The number of unbranched alkanes of at least 4 members (excludes halogenated alkanes) is 4. The van der Waals surface area contributed by atoms with Crippen molar-refractivity contribution in [1.29, 1.82) is 0 Å². The van der Waals surface area contributed by atoms with Crippen molar-refractivity contribution in [3.8, 4) is 0 Å². The molecule has 0 amide bonds. The molecule has 0 fully saturated rings. The number of carboxylic acid groups (broad SMARTS) is 1. The van der Waals surface area contributed by atoms with E-state index in [1.54, 1.807) is 0 Å². The van der Waals surface area contributed by atoms with Gasteiger partial charge in [-0.25, -0.2) is 14.4 Å². The van der Waals surface area contributed by atoms with Crippen LogP contribution in [0.3, 0.4) is 0 Å². The summed E-state index contributed by atoms with van der Waals surface area (Å²) in [6, 6.07) is 5.87. The highest BCUT2D eigenvalue weighted by atomic mass is 16.6. The van der Waals surface area contributed by atoms with Crippen LogP contribution in [0.25, 0.3) is 6.08 Å². The van der Waals surface area contributed by atoms with Gasteiger partial charge in [-0.3, -0.25) is 0 Å². The third-order valence-corrected chi connectivity index (χ3v) is 3.87. The zero-order chi connectivity index (χ0) is 20.1.